The maximum atomic E-state index is 12.8. The molecule has 136 valence electrons. The van der Waals surface area contributed by atoms with Gasteiger partial charge in [-0.15, -0.1) is 15.7 Å². The molecule has 6 heteroatoms. The maximum Gasteiger partial charge on any atom is 0.285 e. The van der Waals surface area contributed by atoms with Gasteiger partial charge in [0.15, 0.2) is 0 Å². The summed E-state index contributed by atoms with van der Waals surface area (Å²) in [4.78, 5) is 2.05. The molecule has 0 radical (unpaired) electrons. The highest BCUT2D eigenvalue weighted by atomic mass is 32.2. The molecule has 4 nitrogen and oxygen atoms in total. The van der Waals surface area contributed by atoms with E-state index in [4.69, 9.17) is 0 Å². The number of nitrogens with zero attached hydrogens (tertiary/aromatic N) is 2. The van der Waals surface area contributed by atoms with Gasteiger partial charge in [0.05, 0.1) is 4.90 Å². The van der Waals surface area contributed by atoms with Gasteiger partial charge in [-0.05, 0) is 55.7 Å². The largest absolute Gasteiger partial charge is 0.320 e. The number of aryl methyl sites for hydroxylation is 1. The first-order valence-electron chi connectivity index (χ1n) is 8.66. The lowest BCUT2D eigenvalue weighted by molar-refractivity contribution is 0.562. The summed E-state index contributed by atoms with van der Waals surface area (Å²) >= 11 is 1.51. The van der Waals surface area contributed by atoms with Crippen LogP contribution in [0.1, 0.15) is 49.7 Å². The van der Waals surface area contributed by atoms with Crippen LogP contribution in [-0.4, -0.2) is 13.0 Å². The summed E-state index contributed by atoms with van der Waals surface area (Å²) in [6, 6.07) is 6.94. The van der Waals surface area contributed by atoms with Crippen LogP contribution in [-0.2, 0) is 22.0 Å². The molecule has 1 aliphatic rings. The number of sulfonamides is 1. The fourth-order valence-corrected chi connectivity index (χ4v) is 5.46. The van der Waals surface area contributed by atoms with E-state index in [1.54, 1.807) is 18.2 Å². The van der Waals surface area contributed by atoms with Crippen LogP contribution in [0.25, 0.3) is 0 Å². The molecule has 0 saturated heterocycles. The summed E-state index contributed by atoms with van der Waals surface area (Å²) < 4.78 is 31.9. The molecule has 1 saturated carbocycles. The second kappa shape index (κ2) is 6.40. The molecule has 0 unspecified atom stereocenters. The standard InChI is InChI=1S/C19H26N2O2S2/c1-13-7-6-8-16(11-13)25(22,23)20-18-21(12-15-9-10-15)14(2)17(24-18)19(3,4)5/h6-8,11,15H,9-10,12H2,1-5H3/b20-18-. The minimum Gasteiger partial charge on any atom is -0.320 e. The van der Waals surface area contributed by atoms with Crippen LogP contribution in [0.3, 0.4) is 0 Å². The SMILES string of the molecule is Cc1cccc(S(=O)(=O)/N=c2\sc(C(C)(C)C)c(C)n2CC2CC2)c1. The van der Waals surface area contributed by atoms with E-state index in [1.165, 1.54) is 29.1 Å². The Kier molecular flexibility index (Phi) is 4.71. The van der Waals surface area contributed by atoms with Gasteiger partial charge in [-0.2, -0.15) is 8.42 Å². The van der Waals surface area contributed by atoms with E-state index in [0.717, 1.165) is 17.8 Å². The van der Waals surface area contributed by atoms with Crippen molar-refractivity contribution in [2.75, 3.05) is 0 Å². The van der Waals surface area contributed by atoms with E-state index >= 15 is 0 Å². The molecule has 1 fully saturated rings. The number of aromatic nitrogens is 1. The first kappa shape index (κ1) is 18.4. The molecule has 1 aliphatic carbocycles. The van der Waals surface area contributed by atoms with E-state index in [2.05, 4.69) is 36.7 Å². The number of thiazole rings is 1. The van der Waals surface area contributed by atoms with E-state index in [1.807, 2.05) is 13.0 Å². The van der Waals surface area contributed by atoms with Crippen LogP contribution in [0, 0.1) is 19.8 Å². The van der Waals surface area contributed by atoms with Crippen molar-refractivity contribution in [1.82, 2.24) is 4.57 Å². The first-order chi connectivity index (χ1) is 11.6. The van der Waals surface area contributed by atoms with Crippen LogP contribution in [0.15, 0.2) is 33.6 Å². The smallest absolute Gasteiger partial charge is 0.285 e. The fourth-order valence-electron chi connectivity index (χ4n) is 2.95. The van der Waals surface area contributed by atoms with Crippen molar-refractivity contribution in [2.24, 2.45) is 10.3 Å². The maximum absolute atomic E-state index is 12.8. The van der Waals surface area contributed by atoms with Gasteiger partial charge in [-0.3, -0.25) is 0 Å². The number of hydrogen-bond donors (Lipinski definition) is 0. The third-order valence-corrected chi connectivity index (χ3v) is 7.45. The Morgan fingerprint density at radius 3 is 2.48 bits per heavy atom. The quantitative estimate of drug-likeness (QED) is 0.802. The van der Waals surface area contributed by atoms with Gasteiger partial charge < -0.3 is 4.57 Å². The zero-order chi connectivity index (χ0) is 18.4. The lowest BCUT2D eigenvalue weighted by atomic mass is 9.93. The van der Waals surface area contributed by atoms with Crippen LogP contribution < -0.4 is 4.80 Å². The molecule has 1 aromatic carbocycles. The fraction of sp³-hybridized carbons (Fsp3) is 0.526. The van der Waals surface area contributed by atoms with Crippen LogP contribution in [0.2, 0.25) is 0 Å². The molecule has 0 spiro atoms. The van der Waals surface area contributed by atoms with Crippen LogP contribution in [0.5, 0.6) is 0 Å². The van der Waals surface area contributed by atoms with Gasteiger partial charge in [-0.1, -0.05) is 32.9 Å². The molecule has 0 N–H and O–H groups in total. The summed E-state index contributed by atoms with van der Waals surface area (Å²) in [6.45, 7) is 11.3. The summed E-state index contributed by atoms with van der Waals surface area (Å²) in [6.07, 6.45) is 2.44. The van der Waals surface area contributed by atoms with E-state index in [0.29, 0.717) is 10.7 Å². The highest BCUT2D eigenvalue weighted by molar-refractivity contribution is 7.90. The van der Waals surface area contributed by atoms with Crippen molar-refractivity contribution >= 4 is 21.4 Å². The molecular weight excluding hydrogens is 352 g/mol. The highest BCUT2D eigenvalue weighted by Gasteiger charge is 2.27. The van der Waals surface area contributed by atoms with Crippen LogP contribution >= 0.6 is 11.3 Å². The lowest BCUT2D eigenvalue weighted by Gasteiger charge is -2.17. The topological polar surface area (TPSA) is 51.4 Å². The van der Waals surface area contributed by atoms with Gasteiger partial charge >= 0.3 is 0 Å². The third-order valence-electron chi connectivity index (χ3n) is 4.46. The Morgan fingerprint density at radius 2 is 1.92 bits per heavy atom. The first-order valence-corrected chi connectivity index (χ1v) is 10.9. The Hall–Kier alpha value is -1.40. The van der Waals surface area contributed by atoms with Crippen molar-refractivity contribution in [3.63, 3.8) is 0 Å². The summed E-state index contributed by atoms with van der Waals surface area (Å²) in [5.74, 6) is 0.654. The second-order valence-electron chi connectivity index (χ2n) is 7.99. The monoisotopic (exact) mass is 378 g/mol. The predicted octanol–water partition coefficient (Wildman–Crippen LogP) is 4.16. The van der Waals surface area contributed by atoms with Crippen molar-refractivity contribution < 1.29 is 8.42 Å². The zero-order valence-electron chi connectivity index (χ0n) is 15.5. The Labute approximate surface area is 154 Å². The van der Waals surface area contributed by atoms with Crippen LogP contribution in [0.4, 0.5) is 0 Å². The van der Waals surface area contributed by atoms with Gasteiger partial charge in [0.2, 0.25) is 4.80 Å². The Bertz CT molecular complexity index is 956. The molecule has 25 heavy (non-hydrogen) atoms. The summed E-state index contributed by atoms with van der Waals surface area (Å²) in [5.41, 5.74) is 2.03. The molecule has 1 heterocycles. The molecule has 2 aromatic rings. The van der Waals surface area contributed by atoms with E-state index in [-0.39, 0.29) is 10.3 Å². The molecule has 0 aliphatic heterocycles. The van der Waals surface area contributed by atoms with Gasteiger partial charge in [0.1, 0.15) is 0 Å². The molecule has 0 amide bonds. The van der Waals surface area contributed by atoms with Crippen molar-refractivity contribution in [3.05, 3.63) is 45.2 Å². The average Bonchev–Trinajstić information content (AvgIpc) is 3.26. The second-order valence-corrected chi connectivity index (χ2v) is 10.6. The summed E-state index contributed by atoms with van der Waals surface area (Å²) in [7, 11) is -3.71. The van der Waals surface area contributed by atoms with Crippen molar-refractivity contribution in [2.45, 2.75) is 64.3 Å². The molecule has 0 atom stereocenters. The minimum absolute atomic E-state index is 0.0269. The van der Waals surface area contributed by atoms with Gasteiger partial charge in [0.25, 0.3) is 10.0 Å². The average molecular weight is 379 g/mol. The number of benzene rings is 1. The molecule has 0 bridgehead atoms. The molecular formula is C19H26N2O2S2. The van der Waals surface area contributed by atoms with Crippen molar-refractivity contribution in [3.8, 4) is 0 Å². The number of rotatable bonds is 4. The Morgan fingerprint density at radius 1 is 1.24 bits per heavy atom. The lowest BCUT2D eigenvalue weighted by Crippen LogP contribution is -2.20. The minimum atomic E-state index is -3.71. The van der Waals surface area contributed by atoms with E-state index < -0.39 is 10.0 Å². The van der Waals surface area contributed by atoms with Crippen molar-refractivity contribution in [1.29, 1.82) is 0 Å². The Balaban J connectivity index is 2.16. The highest BCUT2D eigenvalue weighted by Crippen LogP contribution is 2.33. The zero-order valence-corrected chi connectivity index (χ0v) is 17.2. The number of hydrogen-bond acceptors (Lipinski definition) is 3. The van der Waals surface area contributed by atoms with Gasteiger partial charge in [-0.25, -0.2) is 0 Å². The molecule has 3 rings (SSSR count). The predicted molar refractivity (Wildman–Crippen MR) is 102 cm³/mol. The normalized spacial score (nSPS) is 16.4. The third kappa shape index (κ3) is 4.06. The van der Waals surface area contributed by atoms with E-state index in [9.17, 15) is 8.42 Å². The molecule has 1 aromatic heterocycles. The van der Waals surface area contributed by atoms with Gasteiger partial charge in [0, 0.05) is 17.1 Å². The summed E-state index contributed by atoms with van der Waals surface area (Å²) in [5, 5.41) is 0.